The summed E-state index contributed by atoms with van der Waals surface area (Å²) in [5.74, 6) is 0.656. The molecule has 4 rings (SSSR count). The molecule has 0 fully saturated rings. The smallest absolute Gasteiger partial charge is 0.256 e. The van der Waals surface area contributed by atoms with Crippen molar-refractivity contribution in [1.82, 2.24) is 4.98 Å². The highest BCUT2D eigenvalue weighted by atomic mass is 16.5. The van der Waals surface area contributed by atoms with Gasteiger partial charge in [0.15, 0.2) is 0 Å². The maximum Gasteiger partial charge on any atom is 0.256 e. The van der Waals surface area contributed by atoms with E-state index < -0.39 is 0 Å². The maximum absolute atomic E-state index is 13.5. The van der Waals surface area contributed by atoms with E-state index in [9.17, 15) is 4.79 Å². The second-order valence-electron chi connectivity index (χ2n) is 7.43. The van der Waals surface area contributed by atoms with Crippen molar-refractivity contribution < 1.29 is 9.53 Å². The number of nitrogens with one attached hydrogen (secondary N) is 1. The monoisotopic (exact) mass is 396 g/mol. The van der Waals surface area contributed by atoms with E-state index in [0.717, 1.165) is 50.3 Å². The normalized spacial score (nSPS) is 10.8. The molecule has 4 heteroatoms. The van der Waals surface area contributed by atoms with Crippen molar-refractivity contribution in [2.24, 2.45) is 0 Å². The van der Waals surface area contributed by atoms with Gasteiger partial charge in [-0.1, -0.05) is 36.4 Å². The molecular formula is C26H24N2O2. The van der Waals surface area contributed by atoms with Crippen molar-refractivity contribution in [2.45, 2.75) is 20.8 Å². The molecule has 150 valence electrons. The molecule has 1 heterocycles. The number of carbonyl (C=O) groups excluding carboxylic acids is 1. The predicted octanol–water partition coefficient (Wildman–Crippen LogP) is 6.09. The van der Waals surface area contributed by atoms with Crippen LogP contribution in [0.15, 0.2) is 66.7 Å². The van der Waals surface area contributed by atoms with Crippen LogP contribution in [0.25, 0.3) is 22.2 Å². The molecule has 30 heavy (non-hydrogen) atoms. The van der Waals surface area contributed by atoms with Gasteiger partial charge in [0, 0.05) is 16.6 Å². The molecule has 4 nitrogen and oxygen atoms in total. The fourth-order valence-electron chi connectivity index (χ4n) is 3.82. The Morgan fingerprint density at radius 3 is 2.20 bits per heavy atom. The summed E-state index contributed by atoms with van der Waals surface area (Å²) in [5, 5.41) is 3.98. The van der Waals surface area contributed by atoms with E-state index in [-0.39, 0.29) is 5.91 Å². The molecule has 0 aliphatic rings. The zero-order chi connectivity index (χ0) is 21.3. The molecule has 3 aromatic carbocycles. The summed E-state index contributed by atoms with van der Waals surface area (Å²) in [6, 6.07) is 21.5. The Hall–Kier alpha value is -3.66. The quantitative estimate of drug-likeness (QED) is 0.454. The fourth-order valence-corrected chi connectivity index (χ4v) is 3.82. The molecule has 0 radical (unpaired) electrons. The molecule has 1 N–H and O–H groups in total. The number of anilines is 1. The van der Waals surface area contributed by atoms with Crippen LogP contribution in [0, 0.1) is 20.8 Å². The van der Waals surface area contributed by atoms with E-state index in [2.05, 4.69) is 5.32 Å². The lowest BCUT2D eigenvalue weighted by Crippen LogP contribution is -2.16. The Labute approximate surface area is 176 Å². The summed E-state index contributed by atoms with van der Waals surface area (Å²) in [4.78, 5) is 18.3. The van der Waals surface area contributed by atoms with Crippen LogP contribution in [0.4, 0.5) is 5.69 Å². The fraction of sp³-hybridized carbons (Fsp3) is 0.154. The third-order valence-electron chi connectivity index (χ3n) is 5.45. The van der Waals surface area contributed by atoms with Gasteiger partial charge in [0.05, 0.1) is 23.9 Å². The Bertz CT molecular complexity index is 1220. The number of benzene rings is 3. The largest absolute Gasteiger partial charge is 0.497 e. The molecule has 0 bridgehead atoms. The van der Waals surface area contributed by atoms with E-state index >= 15 is 0 Å². The number of aromatic nitrogens is 1. The molecule has 0 saturated heterocycles. The summed E-state index contributed by atoms with van der Waals surface area (Å²) < 4.78 is 5.27. The minimum Gasteiger partial charge on any atom is -0.497 e. The number of hydrogen-bond donors (Lipinski definition) is 1. The molecule has 0 atom stereocenters. The van der Waals surface area contributed by atoms with Crippen LogP contribution in [0.5, 0.6) is 5.75 Å². The van der Waals surface area contributed by atoms with Crippen LogP contribution in [0.2, 0.25) is 0 Å². The predicted molar refractivity (Wildman–Crippen MR) is 122 cm³/mol. The van der Waals surface area contributed by atoms with Gasteiger partial charge in [-0.3, -0.25) is 4.79 Å². The highest BCUT2D eigenvalue weighted by Crippen LogP contribution is 2.31. The standard InChI is InChI=1S/C26H24N2O2/c1-16-8-7-9-17(2)24(16)28-26(29)23-18(3)25(19-12-14-20(30-4)15-13-19)27-22-11-6-5-10-21(22)23/h5-15H,1-4H3,(H,28,29). The lowest BCUT2D eigenvalue weighted by molar-refractivity contribution is 0.102. The van der Waals surface area contributed by atoms with Crippen molar-refractivity contribution in [2.75, 3.05) is 12.4 Å². The molecule has 0 spiro atoms. The van der Waals surface area contributed by atoms with E-state index in [1.807, 2.05) is 87.5 Å². The Balaban J connectivity index is 1.87. The SMILES string of the molecule is COc1ccc(-c2nc3ccccc3c(C(=O)Nc3c(C)cccc3C)c2C)cc1. The van der Waals surface area contributed by atoms with Crippen molar-refractivity contribution in [3.8, 4) is 17.0 Å². The first-order chi connectivity index (χ1) is 14.5. The number of carbonyl (C=O) groups is 1. The zero-order valence-electron chi connectivity index (χ0n) is 17.6. The van der Waals surface area contributed by atoms with Gasteiger partial charge in [0.1, 0.15) is 5.75 Å². The molecule has 0 aliphatic carbocycles. The first-order valence-corrected chi connectivity index (χ1v) is 9.91. The number of methoxy groups -OCH3 is 1. The summed E-state index contributed by atoms with van der Waals surface area (Å²) in [6.45, 7) is 5.96. The topological polar surface area (TPSA) is 51.2 Å². The number of para-hydroxylation sites is 2. The first kappa shape index (κ1) is 19.6. The summed E-state index contributed by atoms with van der Waals surface area (Å²) in [6.07, 6.45) is 0. The van der Waals surface area contributed by atoms with Crippen molar-refractivity contribution in [3.05, 3.63) is 89.0 Å². The first-order valence-electron chi connectivity index (χ1n) is 9.91. The van der Waals surface area contributed by atoms with Gasteiger partial charge in [0.25, 0.3) is 5.91 Å². The average molecular weight is 396 g/mol. The molecule has 1 amide bonds. The minimum atomic E-state index is -0.127. The number of nitrogens with zero attached hydrogens (tertiary/aromatic N) is 1. The Kier molecular flexibility index (Phi) is 5.23. The second kappa shape index (κ2) is 7.99. The van der Waals surface area contributed by atoms with E-state index in [1.54, 1.807) is 7.11 Å². The number of aryl methyl sites for hydroxylation is 2. The number of amides is 1. The molecule has 0 saturated carbocycles. The lowest BCUT2D eigenvalue weighted by atomic mass is 9.96. The van der Waals surface area contributed by atoms with Gasteiger partial charge in [-0.15, -0.1) is 0 Å². The zero-order valence-corrected chi connectivity index (χ0v) is 17.6. The van der Waals surface area contributed by atoms with Gasteiger partial charge in [-0.25, -0.2) is 4.98 Å². The van der Waals surface area contributed by atoms with Crippen molar-refractivity contribution in [1.29, 1.82) is 0 Å². The van der Waals surface area contributed by atoms with Crippen LogP contribution < -0.4 is 10.1 Å². The number of fused-ring (bicyclic) bond motifs is 1. The van der Waals surface area contributed by atoms with Gasteiger partial charge in [-0.05, 0) is 67.8 Å². The van der Waals surface area contributed by atoms with Crippen LogP contribution in [-0.4, -0.2) is 18.0 Å². The second-order valence-corrected chi connectivity index (χ2v) is 7.43. The maximum atomic E-state index is 13.5. The number of ether oxygens (including phenoxy) is 1. The Morgan fingerprint density at radius 1 is 0.867 bits per heavy atom. The summed E-state index contributed by atoms with van der Waals surface area (Å²) >= 11 is 0. The molecule has 1 aromatic heterocycles. The highest BCUT2D eigenvalue weighted by molar-refractivity contribution is 6.14. The average Bonchev–Trinajstić information content (AvgIpc) is 2.76. The van der Waals surface area contributed by atoms with Gasteiger partial charge < -0.3 is 10.1 Å². The van der Waals surface area contributed by atoms with Crippen molar-refractivity contribution >= 4 is 22.5 Å². The number of hydrogen-bond acceptors (Lipinski definition) is 3. The van der Waals surface area contributed by atoms with Gasteiger partial charge >= 0.3 is 0 Å². The third kappa shape index (κ3) is 3.52. The molecular weight excluding hydrogens is 372 g/mol. The third-order valence-corrected chi connectivity index (χ3v) is 5.45. The van der Waals surface area contributed by atoms with Gasteiger partial charge in [-0.2, -0.15) is 0 Å². The molecule has 4 aromatic rings. The minimum absolute atomic E-state index is 0.127. The van der Waals surface area contributed by atoms with Crippen LogP contribution in [-0.2, 0) is 0 Å². The van der Waals surface area contributed by atoms with E-state index in [0.29, 0.717) is 5.56 Å². The van der Waals surface area contributed by atoms with E-state index in [4.69, 9.17) is 9.72 Å². The number of pyridine rings is 1. The van der Waals surface area contributed by atoms with Crippen LogP contribution in [0.3, 0.4) is 0 Å². The lowest BCUT2D eigenvalue weighted by Gasteiger charge is -2.17. The molecule has 0 aliphatic heterocycles. The Morgan fingerprint density at radius 2 is 1.53 bits per heavy atom. The van der Waals surface area contributed by atoms with E-state index in [1.165, 1.54) is 0 Å². The summed E-state index contributed by atoms with van der Waals surface area (Å²) in [7, 11) is 1.64. The van der Waals surface area contributed by atoms with Crippen molar-refractivity contribution in [3.63, 3.8) is 0 Å². The molecule has 0 unspecified atom stereocenters. The summed E-state index contributed by atoms with van der Waals surface area (Å²) in [5.41, 5.74) is 6.96. The number of rotatable bonds is 4. The van der Waals surface area contributed by atoms with Crippen LogP contribution in [0.1, 0.15) is 27.0 Å². The van der Waals surface area contributed by atoms with Gasteiger partial charge in [0.2, 0.25) is 0 Å². The highest BCUT2D eigenvalue weighted by Gasteiger charge is 2.20. The van der Waals surface area contributed by atoms with Crippen LogP contribution >= 0.6 is 0 Å².